The molecule has 1 aliphatic rings. The van der Waals surface area contributed by atoms with Gasteiger partial charge in [0.15, 0.2) is 0 Å². The molecule has 3 N–H and O–H groups in total. The SMILES string of the molecule is CO[C@@H](C)C(=Nc1ccccc1)C(=CN)Nc1ccc(CN(C)C(=O)C2CCN(C(C)=O)CC2)cc1. The number of nitrogens with one attached hydrogen (secondary N) is 1. The molecule has 1 aliphatic heterocycles. The lowest BCUT2D eigenvalue weighted by atomic mass is 9.95. The lowest BCUT2D eigenvalue weighted by molar-refractivity contribution is -0.139. The maximum absolute atomic E-state index is 12.9. The highest BCUT2D eigenvalue weighted by molar-refractivity contribution is 6.06. The van der Waals surface area contributed by atoms with Gasteiger partial charge in [-0.05, 0) is 49.6 Å². The van der Waals surface area contributed by atoms with E-state index in [1.807, 2.05) is 73.5 Å². The van der Waals surface area contributed by atoms with Gasteiger partial charge in [-0.25, -0.2) is 4.99 Å². The predicted octanol–water partition coefficient (Wildman–Crippen LogP) is 3.92. The van der Waals surface area contributed by atoms with Crippen molar-refractivity contribution >= 4 is 28.9 Å². The minimum absolute atomic E-state index is 0.0334. The first kappa shape index (κ1) is 26.9. The first-order valence-corrected chi connectivity index (χ1v) is 12.3. The Hall–Kier alpha value is -3.65. The van der Waals surface area contributed by atoms with E-state index in [0.29, 0.717) is 43.9 Å². The number of methoxy groups -OCH3 is 1. The molecule has 0 radical (unpaired) electrons. The molecule has 192 valence electrons. The number of aliphatic imine (C=N–C) groups is 1. The molecule has 1 fully saturated rings. The maximum Gasteiger partial charge on any atom is 0.225 e. The van der Waals surface area contributed by atoms with Crippen LogP contribution in [0.5, 0.6) is 0 Å². The van der Waals surface area contributed by atoms with Crippen LogP contribution >= 0.6 is 0 Å². The molecule has 1 saturated heterocycles. The molecule has 0 bridgehead atoms. The number of carbonyl (C=O) groups excluding carboxylic acids is 2. The van der Waals surface area contributed by atoms with Crippen LogP contribution in [0.15, 0.2) is 71.5 Å². The molecule has 8 nitrogen and oxygen atoms in total. The Bertz CT molecular complexity index is 1070. The summed E-state index contributed by atoms with van der Waals surface area (Å²) in [4.78, 5) is 32.8. The third-order valence-corrected chi connectivity index (χ3v) is 6.51. The smallest absolute Gasteiger partial charge is 0.225 e. The van der Waals surface area contributed by atoms with Crippen molar-refractivity contribution in [2.45, 2.75) is 39.3 Å². The highest BCUT2D eigenvalue weighted by Crippen LogP contribution is 2.22. The van der Waals surface area contributed by atoms with E-state index in [1.165, 1.54) is 6.20 Å². The molecule has 8 heteroatoms. The van der Waals surface area contributed by atoms with Gasteiger partial charge in [-0.15, -0.1) is 0 Å². The summed E-state index contributed by atoms with van der Waals surface area (Å²) in [6.07, 6.45) is 2.66. The number of hydrogen-bond acceptors (Lipinski definition) is 6. The number of nitrogens with two attached hydrogens (primary N) is 1. The number of para-hydroxylation sites is 1. The molecule has 1 heterocycles. The van der Waals surface area contributed by atoms with Gasteiger partial charge < -0.3 is 25.6 Å². The zero-order valence-electron chi connectivity index (χ0n) is 21.6. The minimum atomic E-state index is -0.270. The van der Waals surface area contributed by atoms with Crippen LogP contribution in [0.25, 0.3) is 0 Å². The number of amides is 2. The number of hydrogen-bond donors (Lipinski definition) is 2. The summed E-state index contributed by atoms with van der Waals surface area (Å²) >= 11 is 0. The molecule has 2 aromatic rings. The molecule has 0 unspecified atom stereocenters. The third kappa shape index (κ3) is 7.18. The summed E-state index contributed by atoms with van der Waals surface area (Å²) in [6, 6.07) is 17.6. The standard InChI is InChI=1S/C28H37N5O3/c1-20(36-4)27(31-24-8-6-5-7-9-24)26(18-29)30-25-12-10-22(11-13-25)19-32(3)28(35)23-14-16-33(17-15-23)21(2)34/h5-13,18,20,23,30H,14-17,19,29H2,1-4H3/t20-/m0/s1. The summed E-state index contributed by atoms with van der Waals surface area (Å²) in [5.41, 5.74) is 10.0. The van der Waals surface area contributed by atoms with E-state index < -0.39 is 0 Å². The van der Waals surface area contributed by atoms with E-state index in [-0.39, 0.29) is 23.8 Å². The van der Waals surface area contributed by atoms with Crippen LogP contribution in [0, 0.1) is 5.92 Å². The van der Waals surface area contributed by atoms with Crippen molar-refractivity contribution in [1.82, 2.24) is 9.80 Å². The van der Waals surface area contributed by atoms with Crippen LogP contribution in [-0.4, -0.2) is 60.7 Å². The van der Waals surface area contributed by atoms with E-state index in [2.05, 4.69) is 5.32 Å². The number of nitrogens with zero attached hydrogens (tertiary/aromatic N) is 3. The van der Waals surface area contributed by atoms with Crippen molar-refractivity contribution in [3.63, 3.8) is 0 Å². The van der Waals surface area contributed by atoms with Gasteiger partial charge in [0, 0.05) is 58.5 Å². The highest BCUT2D eigenvalue weighted by atomic mass is 16.5. The molecular formula is C28H37N5O3. The van der Waals surface area contributed by atoms with Gasteiger partial charge in [0.05, 0.1) is 23.2 Å². The minimum Gasteiger partial charge on any atom is -0.403 e. The molecule has 36 heavy (non-hydrogen) atoms. The fourth-order valence-corrected chi connectivity index (χ4v) is 4.27. The Balaban J connectivity index is 1.63. The third-order valence-electron chi connectivity index (χ3n) is 6.51. The number of ether oxygens (including phenoxy) is 1. The van der Waals surface area contributed by atoms with Gasteiger partial charge in [-0.3, -0.25) is 9.59 Å². The van der Waals surface area contributed by atoms with Crippen LogP contribution in [0.3, 0.4) is 0 Å². The molecule has 2 amide bonds. The monoisotopic (exact) mass is 491 g/mol. The van der Waals surface area contributed by atoms with E-state index in [1.54, 1.807) is 18.9 Å². The van der Waals surface area contributed by atoms with Gasteiger partial charge >= 0.3 is 0 Å². The average Bonchev–Trinajstić information content (AvgIpc) is 2.91. The lowest BCUT2D eigenvalue weighted by Crippen LogP contribution is -2.42. The Morgan fingerprint density at radius 3 is 2.36 bits per heavy atom. The van der Waals surface area contributed by atoms with Crippen molar-refractivity contribution in [1.29, 1.82) is 0 Å². The summed E-state index contributed by atoms with van der Waals surface area (Å²) in [6.45, 7) is 5.32. The topological polar surface area (TPSA) is 100 Å². The molecule has 0 aromatic heterocycles. The van der Waals surface area contributed by atoms with Crippen molar-refractivity contribution in [3.8, 4) is 0 Å². The van der Waals surface area contributed by atoms with E-state index in [4.69, 9.17) is 15.5 Å². The fourth-order valence-electron chi connectivity index (χ4n) is 4.27. The predicted molar refractivity (Wildman–Crippen MR) is 144 cm³/mol. The Morgan fingerprint density at radius 2 is 1.81 bits per heavy atom. The number of benzene rings is 2. The van der Waals surface area contributed by atoms with E-state index >= 15 is 0 Å². The quantitative estimate of drug-likeness (QED) is 0.518. The second kappa shape index (κ2) is 12.9. The van der Waals surface area contributed by atoms with Gasteiger partial charge in [0.2, 0.25) is 11.8 Å². The molecule has 1 atom stereocenters. The summed E-state index contributed by atoms with van der Waals surface area (Å²) in [5.74, 6) is 0.170. The number of carbonyl (C=O) groups is 2. The van der Waals surface area contributed by atoms with Crippen molar-refractivity contribution in [3.05, 3.63) is 72.1 Å². The van der Waals surface area contributed by atoms with Crippen molar-refractivity contribution in [2.75, 3.05) is 32.6 Å². The van der Waals surface area contributed by atoms with Crippen LogP contribution in [0.4, 0.5) is 11.4 Å². The first-order chi connectivity index (χ1) is 17.3. The second-order valence-corrected chi connectivity index (χ2v) is 9.09. The normalized spacial score (nSPS) is 15.9. The van der Waals surface area contributed by atoms with E-state index in [0.717, 1.165) is 16.9 Å². The van der Waals surface area contributed by atoms with Crippen LogP contribution in [0.2, 0.25) is 0 Å². The molecular weight excluding hydrogens is 454 g/mol. The zero-order valence-corrected chi connectivity index (χ0v) is 21.6. The zero-order chi connectivity index (χ0) is 26.1. The van der Waals surface area contributed by atoms with Crippen LogP contribution in [-0.2, 0) is 20.9 Å². The number of anilines is 1. The van der Waals surface area contributed by atoms with Crippen molar-refractivity contribution < 1.29 is 14.3 Å². The van der Waals surface area contributed by atoms with Gasteiger partial charge in [-0.1, -0.05) is 30.3 Å². The Kier molecular flexibility index (Phi) is 9.64. The molecule has 0 aliphatic carbocycles. The Morgan fingerprint density at radius 1 is 1.17 bits per heavy atom. The van der Waals surface area contributed by atoms with Gasteiger partial charge in [-0.2, -0.15) is 0 Å². The van der Waals surface area contributed by atoms with E-state index in [9.17, 15) is 9.59 Å². The van der Waals surface area contributed by atoms with Crippen LogP contribution < -0.4 is 11.1 Å². The maximum atomic E-state index is 12.9. The fraction of sp³-hybridized carbons (Fsp3) is 0.393. The van der Waals surface area contributed by atoms with Crippen molar-refractivity contribution in [2.24, 2.45) is 16.6 Å². The highest BCUT2D eigenvalue weighted by Gasteiger charge is 2.28. The average molecular weight is 492 g/mol. The molecule has 2 aromatic carbocycles. The summed E-state index contributed by atoms with van der Waals surface area (Å²) < 4.78 is 5.53. The van der Waals surface area contributed by atoms with Crippen LogP contribution in [0.1, 0.15) is 32.3 Å². The number of likely N-dealkylation sites (tertiary alicyclic amines) is 1. The lowest BCUT2D eigenvalue weighted by Gasteiger charge is -2.32. The summed E-state index contributed by atoms with van der Waals surface area (Å²) in [5, 5.41) is 3.35. The summed E-state index contributed by atoms with van der Waals surface area (Å²) in [7, 11) is 3.47. The molecule has 0 spiro atoms. The second-order valence-electron chi connectivity index (χ2n) is 9.09. The molecule has 3 rings (SSSR count). The molecule has 0 saturated carbocycles. The first-order valence-electron chi connectivity index (χ1n) is 12.3. The number of rotatable bonds is 9. The Labute approximate surface area is 213 Å². The van der Waals surface area contributed by atoms with Gasteiger partial charge in [0.25, 0.3) is 0 Å². The largest absolute Gasteiger partial charge is 0.403 e. The van der Waals surface area contributed by atoms with Gasteiger partial charge in [0.1, 0.15) is 0 Å². The number of piperidine rings is 1.